The van der Waals surface area contributed by atoms with Gasteiger partial charge in [-0.25, -0.2) is 0 Å². The Labute approximate surface area is 58.7 Å². The molecule has 1 aliphatic carbocycles. The van der Waals surface area contributed by atoms with Crippen molar-refractivity contribution in [1.82, 2.24) is 0 Å². The third kappa shape index (κ3) is 1.29. The van der Waals surface area contributed by atoms with Crippen LogP contribution in [0.15, 0.2) is 0 Å². The minimum absolute atomic E-state index is 0.0892. The topological polar surface area (TPSA) is 80.9 Å². The van der Waals surface area contributed by atoms with E-state index in [-0.39, 0.29) is 12.5 Å². The number of hydrogen-bond donors (Lipinski definition) is 4. The van der Waals surface area contributed by atoms with Crippen LogP contribution >= 0.6 is 0 Å². The van der Waals surface area contributed by atoms with Crippen LogP contribution in [-0.4, -0.2) is 33.0 Å². The van der Waals surface area contributed by atoms with E-state index in [0.717, 1.165) is 6.42 Å². The quantitative estimate of drug-likeness (QED) is 0.364. The largest absolute Gasteiger partial charge is 0.396 e. The Kier molecular flexibility index (Phi) is 1.96. The molecule has 1 rings (SSSR count). The highest BCUT2D eigenvalue weighted by Crippen LogP contribution is 2.39. The molecule has 2 atom stereocenters. The van der Waals surface area contributed by atoms with E-state index in [9.17, 15) is 0 Å². The molecule has 1 fully saturated rings. The van der Waals surface area contributed by atoms with Crippen LogP contribution in [0.1, 0.15) is 12.8 Å². The molecule has 0 aromatic carbocycles. The first kappa shape index (κ1) is 7.94. The van der Waals surface area contributed by atoms with Crippen molar-refractivity contribution in [2.45, 2.75) is 18.8 Å². The zero-order valence-corrected chi connectivity index (χ0v) is 5.56. The number of aliphatic hydroxyl groups is 4. The molecule has 10 heavy (non-hydrogen) atoms. The summed E-state index contributed by atoms with van der Waals surface area (Å²) in [4.78, 5) is 0. The van der Waals surface area contributed by atoms with Crippen LogP contribution in [0.4, 0.5) is 0 Å². The van der Waals surface area contributed by atoms with Gasteiger partial charge in [0.2, 0.25) is 0 Å². The number of hydrogen-bond acceptors (Lipinski definition) is 4. The van der Waals surface area contributed by atoms with Crippen LogP contribution in [0, 0.1) is 11.8 Å². The lowest BCUT2D eigenvalue weighted by molar-refractivity contribution is -0.364. The molecule has 0 amide bonds. The lowest BCUT2D eigenvalue weighted by Gasteiger charge is -2.40. The van der Waals surface area contributed by atoms with E-state index in [1.807, 2.05) is 0 Å². The SMILES string of the molecule is OCC1CCC1C(O)(O)O. The molecular weight excluding hydrogens is 136 g/mol. The molecule has 0 heterocycles. The molecule has 0 aromatic rings. The summed E-state index contributed by atoms with van der Waals surface area (Å²) in [6.07, 6.45) is 1.32. The minimum atomic E-state index is -2.59. The fourth-order valence-corrected chi connectivity index (χ4v) is 1.30. The van der Waals surface area contributed by atoms with E-state index in [4.69, 9.17) is 20.4 Å². The minimum Gasteiger partial charge on any atom is -0.396 e. The lowest BCUT2D eigenvalue weighted by Crippen LogP contribution is -2.48. The van der Waals surface area contributed by atoms with Crippen LogP contribution in [0.3, 0.4) is 0 Å². The molecular formula is C6H12O4. The summed E-state index contributed by atoms with van der Waals surface area (Å²) in [5, 5.41) is 34.5. The molecule has 2 unspecified atom stereocenters. The van der Waals surface area contributed by atoms with Crippen LogP contribution in [-0.2, 0) is 0 Å². The third-order valence-electron chi connectivity index (χ3n) is 2.15. The second-order valence-electron chi connectivity index (χ2n) is 2.81. The molecule has 0 saturated heterocycles. The summed E-state index contributed by atoms with van der Waals surface area (Å²) in [6, 6.07) is 0. The standard InChI is InChI=1S/C6H12O4/c7-3-4-1-2-5(4)6(8,9)10/h4-5,7-10H,1-3H2. The molecule has 0 spiro atoms. The van der Waals surface area contributed by atoms with Gasteiger partial charge in [0.1, 0.15) is 0 Å². The first-order valence-electron chi connectivity index (χ1n) is 3.33. The van der Waals surface area contributed by atoms with Gasteiger partial charge in [-0.2, -0.15) is 0 Å². The second-order valence-corrected chi connectivity index (χ2v) is 2.81. The maximum absolute atomic E-state index is 8.64. The predicted octanol–water partition coefficient (Wildman–Crippen LogP) is -1.36. The fourth-order valence-electron chi connectivity index (χ4n) is 1.30. The molecule has 0 aromatic heterocycles. The van der Waals surface area contributed by atoms with Gasteiger partial charge in [-0.05, 0) is 18.8 Å². The summed E-state index contributed by atoms with van der Waals surface area (Å²) >= 11 is 0. The van der Waals surface area contributed by atoms with E-state index < -0.39 is 11.9 Å². The lowest BCUT2D eigenvalue weighted by atomic mass is 9.72. The third-order valence-corrected chi connectivity index (χ3v) is 2.15. The Morgan fingerprint density at radius 1 is 1.20 bits per heavy atom. The van der Waals surface area contributed by atoms with Crippen molar-refractivity contribution in [2.75, 3.05) is 6.61 Å². The van der Waals surface area contributed by atoms with E-state index in [2.05, 4.69) is 0 Å². The Hall–Kier alpha value is -0.160. The van der Waals surface area contributed by atoms with Crippen molar-refractivity contribution >= 4 is 0 Å². The molecule has 0 radical (unpaired) electrons. The van der Waals surface area contributed by atoms with Crippen LogP contribution in [0.25, 0.3) is 0 Å². The van der Waals surface area contributed by atoms with Gasteiger partial charge in [0.05, 0.1) is 0 Å². The normalized spacial score (nSPS) is 33.6. The predicted molar refractivity (Wildman–Crippen MR) is 32.7 cm³/mol. The maximum atomic E-state index is 8.64. The Morgan fingerprint density at radius 3 is 1.90 bits per heavy atom. The Bertz CT molecular complexity index is 115. The summed E-state index contributed by atoms with van der Waals surface area (Å²) in [6.45, 7) is -0.0892. The highest BCUT2D eigenvalue weighted by atomic mass is 16.7. The summed E-state index contributed by atoms with van der Waals surface area (Å²) in [5.41, 5.74) is 0. The van der Waals surface area contributed by atoms with E-state index in [0.29, 0.717) is 6.42 Å². The van der Waals surface area contributed by atoms with Gasteiger partial charge in [-0.1, -0.05) is 0 Å². The van der Waals surface area contributed by atoms with Gasteiger partial charge in [-0.3, -0.25) is 0 Å². The zero-order valence-electron chi connectivity index (χ0n) is 5.56. The van der Waals surface area contributed by atoms with Gasteiger partial charge in [-0.15, -0.1) is 0 Å². The molecule has 0 aliphatic heterocycles. The number of rotatable bonds is 2. The second kappa shape index (κ2) is 2.47. The van der Waals surface area contributed by atoms with Gasteiger partial charge < -0.3 is 20.4 Å². The van der Waals surface area contributed by atoms with Crippen molar-refractivity contribution in [2.24, 2.45) is 11.8 Å². The summed E-state index contributed by atoms with van der Waals surface area (Å²) in [7, 11) is 0. The summed E-state index contributed by atoms with van der Waals surface area (Å²) < 4.78 is 0. The molecule has 4 N–H and O–H groups in total. The smallest absolute Gasteiger partial charge is 0.278 e. The average Bonchev–Trinajstić information content (AvgIpc) is 1.57. The van der Waals surface area contributed by atoms with Gasteiger partial charge in [0.15, 0.2) is 0 Å². The fraction of sp³-hybridized carbons (Fsp3) is 1.00. The van der Waals surface area contributed by atoms with Crippen molar-refractivity contribution in [1.29, 1.82) is 0 Å². The van der Waals surface area contributed by atoms with Gasteiger partial charge in [0.25, 0.3) is 5.97 Å². The highest BCUT2D eigenvalue weighted by Gasteiger charge is 2.44. The van der Waals surface area contributed by atoms with E-state index in [1.165, 1.54) is 0 Å². The summed E-state index contributed by atoms with van der Waals surface area (Å²) in [5.74, 6) is -3.32. The van der Waals surface area contributed by atoms with Gasteiger partial charge >= 0.3 is 0 Å². The number of aliphatic hydroxyl groups excluding tert-OH is 1. The first-order valence-corrected chi connectivity index (χ1v) is 3.33. The molecule has 60 valence electrons. The molecule has 4 nitrogen and oxygen atoms in total. The van der Waals surface area contributed by atoms with Crippen molar-refractivity contribution in [3.05, 3.63) is 0 Å². The van der Waals surface area contributed by atoms with Crippen molar-refractivity contribution in [3.63, 3.8) is 0 Å². The van der Waals surface area contributed by atoms with E-state index in [1.54, 1.807) is 0 Å². The van der Waals surface area contributed by atoms with Gasteiger partial charge in [0, 0.05) is 12.5 Å². The zero-order chi connectivity index (χ0) is 7.78. The monoisotopic (exact) mass is 148 g/mol. The van der Waals surface area contributed by atoms with Crippen LogP contribution in [0.5, 0.6) is 0 Å². The highest BCUT2D eigenvalue weighted by molar-refractivity contribution is 4.84. The van der Waals surface area contributed by atoms with Crippen LogP contribution in [0.2, 0.25) is 0 Å². The molecule has 4 heteroatoms. The first-order chi connectivity index (χ1) is 4.55. The molecule has 1 aliphatic rings. The van der Waals surface area contributed by atoms with E-state index >= 15 is 0 Å². The van der Waals surface area contributed by atoms with Crippen molar-refractivity contribution < 1.29 is 20.4 Å². The molecule has 1 saturated carbocycles. The maximum Gasteiger partial charge on any atom is 0.278 e. The molecule has 0 bridgehead atoms. The Balaban J connectivity index is 2.43. The average molecular weight is 148 g/mol. The van der Waals surface area contributed by atoms with Crippen molar-refractivity contribution in [3.8, 4) is 0 Å². The Morgan fingerprint density at radius 2 is 1.80 bits per heavy atom. The van der Waals surface area contributed by atoms with Crippen LogP contribution < -0.4 is 0 Å².